The van der Waals surface area contributed by atoms with Gasteiger partial charge in [0.25, 0.3) is 0 Å². The van der Waals surface area contributed by atoms with Crippen molar-refractivity contribution >= 4 is 5.97 Å². The van der Waals surface area contributed by atoms with Gasteiger partial charge in [-0.05, 0) is 70.7 Å². The van der Waals surface area contributed by atoms with E-state index in [1.54, 1.807) is 0 Å². The molecule has 4 nitrogen and oxygen atoms in total. The van der Waals surface area contributed by atoms with Gasteiger partial charge in [-0.15, -0.1) is 0 Å². The number of rotatable bonds is 7. The smallest absolute Gasteiger partial charge is 0.306 e. The fourth-order valence-electron chi connectivity index (χ4n) is 2.72. The highest BCUT2D eigenvalue weighted by Gasteiger charge is 2.16. The third kappa shape index (κ3) is 6.61. The summed E-state index contributed by atoms with van der Waals surface area (Å²) in [6, 6.07) is 8.84. The molecule has 0 aliphatic carbocycles. The molecule has 4 heteroatoms. The van der Waals surface area contributed by atoms with Crippen LogP contribution in [0.4, 0.5) is 0 Å². The average molecular weight is 319 g/mol. The Balaban J connectivity index is 1.62. The molecule has 1 unspecified atom stereocenters. The lowest BCUT2D eigenvalue weighted by molar-refractivity contribution is -0.154. The van der Waals surface area contributed by atoms with Gasteiger partial charge in [0.15, 0.2) is 0 Å². The Bertz CT molecular complexity index is 484. The van der Waals surface area contributed by atoms with E-state index in [0.29, 0.717) is 19.1 Å². The third-order valence-corrected chi connectivity index (χ3v) is 3.81. The quantitative estimate of drug-likeness (QED) is 0.609. The van der Waals surface area contributed by atoms with Crippen LogP contribution in [0.25, 0.3) is 0 Å². The summed E-state index contributed by atoms with van der Waals surface area (Å²) in [5.74, 6) is 0.759. The fraction of sp³-hybridized carbons (Fsp3) is 0.632. The highest BCUT2D eigenvalue weighted by atomic mass is 16.6. The second-order valence-corrected chi connectivity index (χ2v) is 7.11. The molecule has 1 aliphatic rings. The third-order valence-electron chi connectivity index (χ3n) is 3.81. The molecule has 0 radical (unpaired) electrons. The maximum absolute atomic E-state index is 11.6. The molecule has 1 fully saturated rings. The Morgan fingerprint density at radius 1 is 1.22 bits per heavy atom. The molecule has 2 rings (SSSR count). The number of hydrogen-bond donors (Lipinski definition) is 1. The predicted molar refractivity (Wildman–Crippen MR) is 91.6 cm³/mol. The number of esters is 1. The molecular weight excluding hydrogens is 290 g/mol. The lowest BCUT2D eigenvalue weighted by Gasteiger charge is -2.19. The number of carbonyl (C=O) groups excluding carboxylic acids is 1. The van der Waals surface area contributed by atoms with Crippen LogP contribution in [0.1, 0.15) is 64.5 Å². The van der Waals surface area contributed by atoms with Crippen molar-refractivity contribution in [2.45, 2.75) is 64.5 Å². The molecule has 1 aromatic rings. The summed E-state index contributed by atoms with van der Waals surface area (Å²) >= 11 is 0. The predicted octanol–water partition coefficient (Wildman–Crippen LogP) is 4.00. The first kappa shape index (κ1) is 17.8. The molecule has 1 atom stereocenters. The summed E-state index contributed by atoms with van der Waals surface area (Å²) < 4.78 is 11.0. The van der Waals surface area contributed by atoms with Crippen LogP contribution in [0.5, 0.6) is 5.75 Å². The lowest BCUT2D eigenvalue weighted by Crippen LogP contribution is -2.23. The number of unbranched alkanes of at least 4 members (excludes halogenated alkanes) is 1. The van der Waals surface area contributed by atoms with Crippen LogP contribution in [0.3, 0.4) is 0 Å². The Morgan fingerprint density at radius 3 is 2.57 bits per heavy atom. The number of carbonyl (C=O) groups is 1. The minimum absolute atomic E-state index is 0.133. The van der Waals surface area contributed by atoms with Gasteiger partial charge in [-0.25, -0.2) is 0 Å². The topological polar surface area (TPSA) is 47.6 Å². The Hall–Kier alpha value is -1.55. The maximum atomic E-state index is 11.6. The minimum atomic E-state index is -0.399. The van der Waals surface area contributed by atoms with Crippen molar-refractivity contribution in [2.24, 2.45) is 0 Å². The molecule has 0 spiro atoms. The first-order chi connectivity index (χ1) is 10.9. The van der Waals surface area contributed by atoms with E-state index < -0.39 is 5.60 Å². The van der Waals surface area contributed by atoms with Gasteiger partial charge >= 0.3 is 5.97 Å². The summed E-state index contributed by atoms with van der Waals surface area (Å²) in [7, 11) is 0. The molecule has 1 saturated heterocycles. The van der Waals surface area contributed by atoms with Gasteiger partial charge < -0.3 is 14.8 Å². The van der Waals surface area contributed by atoms with Gasteiger partial charge in [0.05, 0.1) is 6.61 Å². The van der Waals surface area contributed by atoms with Crippen molar-refractivity contribution in [2.75, 3.05) is 13.2 Å². The number of hydrogen-bond acceptors (Lipinski definition) is 4. The standard InChI is InChI=1S/C19H29NO3/c1-19(2,3)23-18(21)8-4-5-14-22-16-11-9-15(10-12-16)17-7-6-13-20-17/h9-12,17,20H,4-8,13-14H2,1-3H3. The summed E-state index contributed by atoms with van der Waals surface area (Å²) in [5.41, 5.74) is 0.934. The van der Waals surface area contributed by atoms with Crippen LogP contribution in [-0.2, 0) is 9.53 Å². The van der Waals surface area contributed by atoms with Crippen LogP contribution >= 0.6 is 0 Å². The average Bonchev–Trinajstić information content (AvgIpc) is 3.00. The normalized spacial score (nSPS) is 18.0. The van der Waals surface area contributed by atoms with Gasteiger partial charge in [-0.1, -0.05) is 12.1 Å². The molecule has 128 valence electrons. The zero-order valence-electron chi connectivity index (χ0n) is 14.6. The molecule has 0 bridgehead atoms. The van der Waals surface area contributed by atoms with Crippen LogP contribution in [-0.4, -0.2) is 24.7 Å². The van der Waals surface area contributed by atoms with Gasteiger partial charge in [-0.3, -0.25) is 4.79 Å². The molecule has 1 aromatic carbocycles. The van der Waals surface area contributed by atoms with Crippen LogP contribution in [0.15, 0.2) is 24.3 Å². The number of benzene rings is 1. The maximum Gasteiger partial charge on any atom is 0.306 e. The van der Waals surface area contributed by atoms with Crippen molar-refractivity contribution in [3.05, 3.63) is 29.8 Å². The highest BCUT2D eigenvalue weighted by Crippen LogP contribution is 2.24. The SMILES string of the molecule is CC(C)(C)OC(=O)CCCCOc1ccc(C2CCCN2)cc1. The summed E-state index contributed by atoms with van der Waals surface area (Å²) in [4.78, 5) is 11.6. The van der Waals surface area contributed by atoms with Crippen molar-refractivity contribution in [3.8, 4) is 5.75 Å². The largest absolute Gasteiger partial charge is 0.494 e. The number of ether oxygens (including phenoxy) is 2. The number of nitrogens with one attached hydrogen (secondary N) is 1. The zero-order valence-corrected chi connectivity index (χ0v) is 14.6. The van der Waals surface area contributed by atoms with Crippen LogP contribution in [0, 0.1) is 0 Å². The van der Waals surface area contributed by atoms with Crippen molar-refractivity contribution < 1.29 is 14.3 Å². The van der Waals surface area contributed by atoms with E-state index in [0.717, 1.165) is 25.1 Å². The van der Waals surface area contributed by atoms with Crippen molar-refractivity contribution in [3.63, 3.8) is 0 Å². The fourth-order valence-corrected chi connectivity index (χ4v) is 2.72. The molecule has 1 N–H and O–H groups in total. The first-order valence-corrected chi connectivity index (χ1v) is 8.62. The van der Waals surface area contributed by atoms with E-state index in [9.17, 15) is 4.79 Å². The van der Waals surface area contributed by atoms with E-state index in [4.69, 9.17) is 9.47 Å². The molecule has 1 heterocycles. The van der Waals surface area contributed by atoms with Gasteiger partial charge in [0.2, 0.25) is 0 Å². The summed E-state index contributed by atoms with van der Waals surface area (Å²) in [6.45, 7) is 7.40. The zero-order chi connectivity index (χ0) is 16.7. The van der Waals surface area contributed by atoms with E-state index >= 15 is 0 Å². The summed E-state index contributed by atoms with van der Waals surface area (Å²) in [5, 5.41) is 3.49. The van der Waals surface area contributed by atoms with Crippen LogP contribution in [0.2, 0.25) is 0 Å². The molecule has 1 aliphatic heterocycles. The molecule has 23 heavy (non-hydrogen) atoms. The Morgan fingerprint density at radius 2 is 1.96 bits per heavy atom. The Kier molecular flexibility index (Phi) is 6.46. The Labute approximate surface area is 139 Å². The van der Waals surface area contributed by atoms with E-state index in [1.807, 2.05) is 32.9 Å². The molecule has 0 saturated carbocycles. The van der Waals surface area contributed by atoms with E-state index in [-0.39, 0.29) is 5.97 Å². The lowest BCUT2D eigenvalue weighted by atomic mass is 10.1. The van der Waals surface area contributed by atoms with E-state index in [2.05, 4.69) is 17.4 Å². The first-order valence-electron chi connectivity index (χ1n) is 8.62. The van der Waals surface area contributed by atoms with Gasteiger partial charge in [0, 0.05) is 12.5 Å². The molecule has 0 amide bonds. The molecule has 0 aromatic heterocycles. The van der Waals surface area contributed by atoms with Crippen LogP contribution < -0.4 is 10.1 Å². The second-order valence-electron chi connectivity index (χ2n) is 7.11. The van der Waals surface area contributed by atoms with Crippen molar-refractivity contribution in [1.82, 2.24) is 5.32 Å². The second kappa shape index (κ2) is 8.34. The van der Waals surface area contributed by atoms with Gasteiger partial charge in [-0.2, -0.15) is 0 Å². The molecular formula is C19H29NO3. The van der Waals surface area contributed by atoms with E-state index in [1.165, 1.54) is 18.4 Å². The van der Waals surface area contributed by atoms with Gasteiger partial charge in [0.1, 0.15) is 11.4 Å². The van der Waals surface area contributed by atoms with Crippen molar-refractivity contribution in [1.29, 1.82) is 0 Å². The minimum Gasteiger partial charge on any atom is -0.494 e. The summed E-state index contributed by atoms with van der Waals surface area (Å²) in [6.07, 6.45) is 4.56. The highest BCUT2D eigenvalue weighted by molar-refractivity contribution is 5.69. The monoisotopic (exact) mass is 319 g/mol.